The molecule has 2 rings (SSSR count). The molecule has 0 aliphatic heterocycles. The summed E-state index contributed by atoms with van der Waals surface area (Å²) in [4.78, 5) is 4.16. The Morgan fingerprint density at radius 3 is 2.83 bits per heavy atom. The summed E-state index contributed by atoms with van der Waals surface area (Å²) in [5.41, 5.74) is 0.960. The topological polar surface area (TPSA) is 59.9 Å². The number of hydrogen-bond donors (Lipinski definition) is 1. The average Bonchev–Trinajstić information content (AvgIpc) is 2.77. The number of pyridine rings is 1. The van der Waals surface area contributed by atoms with Crippen molar-refractivity contribution in [1.82, 2.24) is 20.5 Å². The monoisotopic (exact) mass is 264 g/mol. The second kappa shape index (κ2) is 5.88. The standard InChI is InChI=1S/C12H16N4OS/c1-8(2)13-7-11-15-16-12(18-11)17-10-5-4-9(3)14-6-10/h4-6,8,13H,7H2,1-3H3. The average molecular weight is 264 g/mol. The molecule has 0 aliphatic rings. The van der Waals surface area contributed by atoms with Crippen LogP contribution in [0.1, 0.15) is 24.5 Å². The number of aromatic nitrogens is 3. The normalized spacial score (nSPS) is 10.9. The summed E-state index contributed by atoms with van der Waals surface area (Å²) in [6.45, 7) is 6.84. The zero-order valence-electron chi connectivity index (χ0n) is 10.7. The molecule has 5 nitrogen and oxygen atoms in total. The zero-order valence-corrected chi connectivity index (χ0v) is 11.5. The largest absolute Gasteiger partial charge is 0.428 e. The van der Waals surface area contributed by atoms with Gasteiger partial charge >= 0.3 is 0 Å². The summed E-state index contributed by atoms with van der Waals surface area (Å²) in [7, 11) is 0. The molecule has 0 aliphatic carbocycles. The van der Waals surface area contributed by atoms with Gasteiger partial charge in [-0.3, -0.25) is 4.98 Å². The van der Waals surface area contributed by atoms with Crippen molar-refractivity contribution < 1.29 is 4.74 Å². The van der Waals surface area contributed by atoms with Crippen molar-refractivity contribution in [3.8, 4) is 10.9 Å². The Morgan fingerprint density at radius 2 is 2.17 bits per heavy atom. The number of aryl methyl sites for hydroxylation is 1. The molecule has 2 aromatic heterocycles. The van der Waals surface area contributed by atoms with E-state index in [1.54, 1.807) is 6.20 Å². The van der Waals surface area contributed by atoms with Crippen LogP contribution < -0.4 is 10.1 Å². The highest BCUT2D eigenvalue weighted by Crippen LogP contribution is 2.24. The zero-order chi connectivity index (χ0) is 13.0. The molecule has 0 spiro atoms. The molecular weight excluding hydrogens is 248 g/mol. The van der Waals surface area contributed by atoms with E-state index in [-0.39, 0.29) is 0 Å². The molecule has 0 aromatic carbocycles. The van der Waals surface area contributed by atoms with Gasteiger partial charge in [-0.2, -0.15) is 0 Å². The van der Waals surface area contributed by atoms with E-state index in [2.05, 4.69) is 34.3 Å². The summed E-state index contributed by atoms with van der Waals surface area (Å²) in [6.07, 6.45) is 1.68. The van der Waals surface area contributed by atoms with E-state index in [1.165, 1.54) is 11.3 Å². The third kappa shape index (κ3) is 3.75. The minimum Gasteiger partial charge on any atom is -0.428 e. The van der Waals surface area contributed by atoms with E-state index >= 15 is 0 Å². The van der Waals surface area contributed by atoms with E-state index in [0.717, 1.165) is 10.7 Å². The van der Waals surface area contributed by atoms with Gasteiger partial charge in [-0.05, 0) is 19.1 Å². The van der Waals surface area contributed by atoms with Crippen LogP contribution in [0.3, 0.4) is 0 Å². The third-order valence-corrected chi connectivity index (χ3v) is 3.00. The van der Waals surface area contributed by atoms with Gasteiger partial charge in [-0.15, -0.1) is 5.10 Å². The maximum absolute atomic E-state index is 5.58. The molecule has 0 unspecified atom stereocenters. The summed E-state index contributed by atoms with van der Waals surface area (Å²) in [5.74, 6) is 0.681. The van der Waals surface area contributed by atoms with Gasteiger partial charge in [0.25, 0.3) is 5.19 Å². The molecule has 0 saturated heterocycles. The van der Waals surface area contributed by atoms with Crippen LogP contribution in [0.15, 0.2) is 18.3 Å². The maximum Gasteiger partial charge on any atom is 0.299 e. The van der Waals surface area contributed by atoms with E-state index in [0.29, 0.717) is 23.5 Å². The van der Waals surface area contributed by atoms with Crippen LogP contribution in [-0.2, 0) is 6.54 Å². The lowest BCUT2D eigenvalue weighted by molar-refractivity contribution is 0.470. The number of rotatable bonds is 5. The first-order valence-corrected chi connectivity index (χ1v) is 6.61. The first-order chi connectivity index (χ1) is 8.63. The highest BCUT2D eigenvalue weighted by Gasteiger charge is 2.06. The van der Waals surface area contributed by atoms with Gasteiger partial charge in [0.1, 0.15) is 10.8 Å². The Bertz CT molecular complexity index is 495. The Balaban J connectivity index is 1.95. The fourth-order valence-electron chi connectivity index (χ4n) is 1.26. The number of nitrogens with one attached hydrogen (secondary N) is 1. The predicted octanol–water partition coefficient (Wildman–Crippen LogP) is 2.53. The van der Waals surface area contributed by atoms with E-state index in [1.807, 2.05) is 19.1 Å². The lowest BCUT2D eigenvalue weighted by Crippen LogP contribution is -2.21. The van der Waals surface area contributed by atoms with Crippen LogP contribution in [0.5, 0.6) is 10.9 Å². The number of ether oxygens (including phenoxy) is 1. The third-order valence-electron chi connectivity index (χ3n) is 2.20. The highest BCUT2D eigenvalue weighted by molar-refractivity contribution is 7.13. The SMILES string of the molecule is Cc1ccc(Oc2nnc(CNC(C)C)s2)cn1. The van der Waals surface area contributed by atoms with Crippen LogP contribution in [0.25, 0.3) is 0 Å². The number of nitrogens with zero attached hydrogens (tertiary/aromatic N) is 3. The van der Waals surface area contributed by atoms with Gasteiger partial charge in [0, 0.05) is 11.7 Å². The van der Waals surface area contributed by atoms with Crippen molar-refractivity contribution in [2.75, 3.05) is 0 Å². The molecule has 0 bridgehead atoms. The summed E-state index contributed by atoms with van der Waals surface area (Å²) >= 11 is 1.44. The van der Waals surface area contributed by atoms with Crippen LogP contribution in [-0.4, -0.2) is 21.2 Å². The molecule has 0 atom stereocenters. The van der Waals surface area contributed by atoms with Crippen LogP contribution >= 0.6 is 11.3 Å². The van der Waals surface area contributed by atoms with Gasteiger partial charge < -0.3 is 10.1 Å². The fourth-order valence-corrected chi connectivity index (χ4v) is 1.92. The van der Waals surface area contributed by atoms with Crippen LogP contribution in [0.4, 0.5) is 0 Å². The van der Waals surface area contributed by atoms with E-state index in [9.17, 15) is 0 Å². The molecule has 0 fully saturated rings. The van der Waals surface area contributed by atoms with Crippen LogP contribution in [0, 0.1) is 6.92 Å². The van der Waals surface area contributed by atoms with E-state index < -0.39 is 0 Å². The van der Waals surface area contributed by atoms with Gasteiger partial charge in [-0.1, -0.05) is 30.3 Å². The summed E-state index contributed by atoms with van der Waals surface area (Å²) in [6, 6.07) is 4.20. The summed E-state index contributed by atoms with van der Waals surface area (Å²) in [5, 5.41) is 12.8. The number of hydrogen-bond acceptors (Lipinski definition) is 6. The highest BCUT2D eigenvalue weighted by atomic mass is 32.1. The van der Waals surface area contributed by atoms with Crippen molar-refractivity contribution in [3.63, 3.8) is 0 Å². The summed E-state index contributed by atoms with van der Waals surface area (Å²) < 4.78 is 5.58. The van der Waals surface area contributed by atoms with E-state index in [4.69, 9.17) is 4.74 Å². The molecule has 2 aromatic rings. The first-order valence-electron chi connectivity index (χ1n) is 5.80. The smallest absolute Gasteiger partial charge is 0.299 e. The molecule has 0 saturated carbocycles. The van der Waals surface area contributed by atoms with Crippen molar-refractivity contribution in [2.24, 2.45) is 0 Å². The molecule has 18 heavy (non-hydrogen) atoms. The predicted molar refractivity (Wildman–Crippen MR) is 70.9 cm³/mol. The van der Waals surface area contributed by atoms with Crippen molar-refractivity contribution in [2.45, 2.75) is 33.4 Å². The molecule has 96 valence electrons. The lowest BCUT2D eigenvalue weighted by Gasteiger charge is -2.03. The van der Waals surface area contributed by atoms with Gasteiger partial charge in [-0.25, -0.2) is 0 Å². The van der Waals surface area contributed by atoms with Crippen molar-refractivity contribution in [1.29, 1.82) is 0 Å². The molecule has 6 heteroatoms. The molecule has 0 radical (unpaired) electrons. The Kier molecular flexibility index (Phi) is 4.22. The van der Waals surface area contributed by atoms with Gasteiger partial charge in [0.15, 0.2) is 0 Å². The Hall–Kier alpha value is -1.53. The second-order valence-electron chi connectivity index (χ2n) is 4.23. The maximum atomic E-state index is 5.58. The Labute approximate surface area is 110 Å². The minimum absolute atomic E-state index is 0.430. The van der Waals surface area contributed by atoms with Gasteiger partial charge in [0.2, 0.25) is 0 Å². The molecule has 0 amide bonds. The van der Waals surface area contributed by atoms with Gasteiger partial charge in [0.05, 0.1) is 12.7 Å². The van der Waals surface area contributed by atoms with Crippen LogP contribution in [0.2, 0.25) is 0 Å². The van der Waals surface area contributed by atoms with Crippen molar-refractivity contribution >= 4 is 11.3 Å². The molecular formula is C12H16N4OS. The second-order valence-corrected chi connectivity index (χ2v) is 5.26. The Morgan fingerprint density at radius 1 is 1.33 bits per heavy atom. The quantitative estimate of drug-likeness (QED) is 0.899. The fraction of sp³-hybridized carbons (Fsp3) is 0.417. The lowest BCUT2D eigenvalue weighted by atomic mass is 10.4. The molecule has 2 heterocycles. The van der Waals surface area contributed by atoms with Crippen molar-refractivity contribution in [3.05, 3.63) is 29.0 Å². The first kappa shape index (κ1) is 12.9. The molecule has 1 N–H and O–H groups in total. The minimum atomic E-state index is 0.430.